The lowest BCUT2D eigenvalue weighted by molar-refractivity contribution is -0.186. The van der Waals surface area contributed by atoms with Crippen molar-refractivity contribution < 1.29 is 53.9 Å². The van der Waals surface area contributed by atoms with Gasteiger partial charge >= 0.3 is 36.3 Å². The zero-order chi connectivity index (χ0) is 25.2. The predicted octanol–water partition coefficient (Wildman–Crippen LogP) is 1.97. The van der Waals surface area contributed by atoms with Gasteiger partial charge in [0.2, 0.25) is 0 Å². The zero-order valence-electron chi connectivity index (χ0n) is 16.7. The lowest BCUT2D eigenvalue weighted by Gasteiger charge is -2.26. The molecule has 0 bridgehead atoms. The molecule has 0 radical (unpaired) electrons. The molecule has 0 atom stereocenters. The zero-order valence-corrected chi connectivity index (χ0v) is 16.7. The van der Waals surface area contributed by atoms with Gasteiger partial charge in [0.25, 0.3) is 0 Å². The second-order valence-corrected chi connectivity index (χ2v) is 6.54. The van der Waals surface area contributed by atoms with Crippen LogP contribution in [0.5, 0.6) is 0 Å². The van der Waals surface area contributed by atoms with Crippen molar-refractivity contribution in [2.24, 2.45) is 5.73 Å². The molecule has 0 unspecified atom stereocenters. The van der Waals surface area contributed by atoms with E-state index in [0.717, 1.165) is 0 Å². The van der Waals surface area contributed by atoms with E-state index >= 15 is 0 Å². The van der Waals surface area contributed by atoms with Crippen molar-refractivity contribution in [1.29, 1.82) is 0 Å². The van der Waals surface area contributed by atoms with Gasteiger partial charge in [-0.1, -0.05) is 0 Å². The number of nitrogens with two attached hydrogens (primary N) is 1. The standard InChI is InChI=1S/C16H23F9N4O3/c17-14(18,19)11(30)27-6-4-10-29(13(32)16(23,24)25)8-2-1-7-28(9-3-5-26)12(31)15(20,21)22/h1-10,26H2,(H,27,30). The molecule has 0 spiro atoms. The maximum atomic E-state index is 12.7. The topological polar surface area (TPSA) is 95.7 Å². The largest absolute Gasteiger partial charge is 0.471 e. The molecule has 0 fully saturated rings. The third kappa shape index (κ3) is 11.4. The van der Waals surface area contributed by atoms with Crippen LogP contribution in [-0.4, -0.2) is 85.3 Å². The lowest BCUT2D eigenvalue weighted by atomic mass is 10.2. The minimum absolute atomic E-state index is 0.000374. The van der Waals surface area contributed by atoms with Crippen LogP contribution in [0.4, 0.5) is 39.5 Å². The fourth-order valence-corrected chi connectivity index (χ4v) is 2.45. The Balaban J connectivity index is 4.81. The van der Waals surface area contributed by atoms with E-state index in [4.69, 9.17) is 5.73 Å². The second kappa shape index (κ2) is 12.7. The Morgan fingerprint density at radius 1 is 0.625 bits per heavy atom. The summed E-state index contributed by atoms with van der Waals surface area (Å²) in [5, 5.41) is 1.44. The normalized spacial score (nSPS) is 12.4. The van der Waals surface area contributed by atoms with E-state index in [-0.39, 0.29) is 37.3 Å². The van der Waals surface area contributed by atoms with Crippen molar-refractivity contribution in [3.8, 4) is 0 Å². The molecule has 0 aliphatic heterocycles. The molecule has 0 saturated carbocycles. The number of carbonyl (C=O) groups is 3. The van der Waals surface area contributed by atoms with Gasteiger partial charge in [0.1, 0.15) is 0 Å². The SMILES string of the molecule is NCCCN(CCCCN(CCCNC(=O)C(F)(F)F)C(=O)C(F)(F)F)C(=O)C(F)(F)F. The first-order chi connectivity index (χ1) is 14.5. The molecule has 0 aliphatic rings. The molecule has 0 rings (SSSR count). The lowest BCUT2D eigenvalue weighted by Crippen LogP contribution is -2.44. The highest BCUT2D eigenvalue weighted by Gasteiger charge is 2.43. The van der Waals surface area contributed by atoms with Crippen molar-refractivity contribution >= 4 is 17.7 Å². The van der Waals surface area contributed by atoms with Gasteiger partial charge < -0.3 is 20.9 Å². The maximum Gasteiger partial charge on any atom is 0.471 e. The molecule has 0 aromatic carbocycles. The minimum atomic E-state index is -5.28. The van der Waals surface area contributed by atoms with E-state index in [2.05, 4.69) is 0 Å². The van der Waals surface area contributed by atoms with E-state index in [1.54, 1.807) is 0 Å². The summed E-state index contributed by atoms with van der Waals surface area (Å²) in [6, 6.07) is 0. The highest BCUT2D eigenvalue weighted by molar-refractivity contribution is 5.82. The van der Waals surface area contributed by atoms with Gasteiger partial charge in [-0.25, -0.2) is 0 Å². The third-order valence-electron chi connectivity index (χ3n) is 3.95. The number of nitrogens with one attached hydrogen (secondary N) is 1. The van der Waals surface area contributed by atoms with Crippen molar-refractivity contribution in [2.75, 3.05) is 39.3 Å². The minimum Gasteiger partial charge on any atom is -0.348 e. The Morgan fingerprint density at radius 2 is 1.00 bits per heavy atom. The number of amides is 3. The molecule has 0 saturated heterocycles. The Labute approximate surface area is 177 Å². The quantitative estimate of drug-likeness (QED) is 0.323. The van der Waals surface area contributed by atoms with E-state index in [1.165, 1.54) is 5.32 Å². The van der Waals surface area contributed by atoms with Crippen molar-refractivity contribution in [3.05, 3.63) is 0 Å². The number of alkyl halides is 9. The van der Waals surface area contributed by atoms with Crippen LogP contribution in [-0.2, 0) is 14.4 Å². The number of halogens is 9. The predicted molar refractivity (Wildman–Crippen MR) is 91.9 cm³/mol. The summed E-state index contributed by atoms with van der Waals surface area (Å²) >= 11 is 0. The van der Waals surface area contributed by atoms with Crippen molar-refractivity contribution in [1.82, 2.24) is 15.1 Å². The number of unbranched alkanes of at least 4 members (excludes halogenated alkanes) is 1. The van der Waals surface area contributed by atoms with E-state index < -0.39 is 68.9 Å². The smallest absolute Gasteiger partial charge is 0.348 e. The molecular formula is C16H23F9N4O3. The highest BCUT2D eigenvalue weighted by Crippen LogP contribution is 2.21. The molecule has 0 aromatic rings. The van der Waals surface area contributed by atoms with Crippen LogP contribution >= 0.6 is 0 Å². The number of hydrogen-bond donors (Lipinski definition) is 2. The van der Waals surface area contributed by atoms with Crippen LogP contribution in [0.1, 0.15) is 25.7 Å². The molecule has 7 nitrogen and oxygen atoms in total. The Hall–Kier alpha value is -2.26. The van der Waals surface area contributed by atoms with Gasteiger partial charge in [-0.15, -0.1) is 0 Å². The molecule has 3 N–H and O–H groups in total. The molecule has 0 aromatic heterocycles. The van der Waals surface area contributed by atoms with E-state index in [9.17, 15) is 53.9 Å². The monoisotopic (exact) mass is 490 g/mol. The number of carbonyl (C=O) groups excluding carboxylic acids is 3. The summed E-state index contributed by atoms with van der Waals surface area (Å²) in [4.78, 5) is 34.2. The van der Waals surface area contributed by atoms with Crippen LogP contribution in [0.3, 0.4) is 0 Å². The Kier molecular flexibility index (Phi) is 11.8. The van der Waals surface area contributed by atoms with Gasteiger partial charge in [-0.3, -0.25) is 14.4 Å². The Bertz CT molecular complexity index is 621. The Morgan fingerprint density at radius 3 is 1.34 bits per heavy atom. The average molecular weight is 490 g/mol. The van der Waals surface area contributed by atoms with Gasteiger partial charge in [0.15, 0.2) is 0 Å². The number of hydrogen-bond acceptors (Lipinski definition) is 4. The first-order valence-corrected chi connectivity index (χ1v) is 9.29. The van der Waals surface area contributed by atoms with Crippen molar-refractivity contribution in [3.63, 3.8) is 0 Å². The fourth-order valence-electron chi connectivity index (χ4n) is 2.45. The van der Waals surface area contributed by atoms with Crippen molar-refractivity contribution in [2.45, 2.75) is 44.2 Å². The van der Waals surface area contributed by atoms with Gasteiger partial charge in [-0.2, -0.15) is 39.5 Å². The summed E-state index contributed by atoms with van der Waals surface area (Å²) in [5.41, 5.74) is 5.20. The highest BCUT2D eigenvalue weighted by atomic mass is 19.4. The molecular weight excluding hydrogens is 467 g/mol. The summed E-state index contributed by atoms with van der Waals surface area (Å²) in [7, 11) is 0. The van der Waals surface area contributed by atoms with E-state index in [1.807, 2.05) is 0 Å². The molecule has 188 valence electrons. The van der Waals surface area contributed by atoms with Gasteiger partial charge in [0.05, 0.1) is 0 Å². The third-order valence-corrected chi connectivity index (χ3v) is 3.95. The van der Waals surface area contributed by atoms with Crippen LogP contribution in [0.15, 0.2) is 0 Å². The van der Waals surface area contributed by atoms with Crippen LogP contribution in [0.25, 0.3) is 0 Å². The number of rotatable bonds is 12. The van der Waals surface area contributed by atoms with Crippen LogP contribution in [0, 0.1) is 0 Å². The molecule has 16 heteroatoms. The van der Waals surface area contributed by atoms with Crippen LogP contribution in [0.2, 0.25) is 0 Å². The van der Waals surface area contributed by atoms with Gasteiger partial charge in [0, 0.05) is 32.7 Å². The first kappa shape index (κ1) is 29.7. The molecule has 0 aliphatic carbocycles. The molecule has 3 amide bonds. The molecule has 0 heterocycles. The summed E-state index contributed by atoms with van der Waals surface area (Å²) in [6.45, 7) is -2.66. The summed E-state index contributed by atoms with van der Waals surface area (Å²) in [6.07, 6.45) is -16.4. The first-order valence-electron chi connectivity index (χ1n) is 9.29. The average Bonchev–Trinajstić information content (AvgIpc) is 2.65. The summed E-state index contributed by atoms with van der Waals surface area (Å²) < 4.78 is 112. The fraction of sp³-hybridized carbons (Fsp3) is 0.812. The van der Waals surface area contributed by atoms with Gasteiger partial charge in [-0.05, 0) is 32.2 Å². The maximum absolute atomic E-state index is 12.7. The molecule has 32 heavy (non-hydrogen) atoms. The van der Waals surface area contributed by atoms with E-state index in [0.29, 0.717) is 4.90 Å². The van der Waals surface area contributed by atoms with Crippen LogP contribution < -0.4 is 11.1 Å². The second-order valence-electron chi connectivity index (χ2n) is 6.54. The number of nitrogens with zero attached hydrogens (tertiary/aromatic N) is 2. The summed E-state index contributed by atoms with van der Waals surface area (Å²) in [5.74, 6) is -6.71.